The molecule has 5 heteroatoms. The fourth-order valence-corrected chi connectivity index (χ4v) is 3.27. The number of benzene rings is 1. The van der Waals surface area contributed by atoms with Gasteiger partial charge in [0.15, 0.2) is 0 Å². The smallest absolute Gasteiger partial charge is 0.265 e. The largest absolute Gasteiger partial charge is 0.297 e. The third-order valence-electron chi connectivity index (χ3n) is 3.05. The predicted molar refractivity (Wildman–Crippen MR) is 75.3 cm³/mol. The second-order valence-electron chi connectivity index (χ2n) is 4.59. The number of hydrogen-bond donors (Lipinski definition) is 2. The zero-order valence-corrected chi connectivity index (χ0v) is 11.4. The van der Waals surface area contributed by atoms with Crippen LogP contribution in [0, 0.1) is 0 Å². The van der Waals surface area contributed by atoms with Crippen molar-refractivity contribution in [3.8, 4) is 0 Å². The van der Waals surface area contributed by atoms with Crippen LogP contribution in [0.3, 0.4) is 0 Å². The minimum absolute atomic E-state index is 0.237. The lowest BCUT2D eigenvalue weighted by Crippen LogP contribution is -2.36. The highest BCUT2D eigenvalue weighted by atomic mass is 32.2. The average Bonchev–Trinajstić information content (AvgIpc) is 2.38. The van der Waals surface area contributed by atoms with Crippen LogP contribution >= 0.6 is 11.8 Å². The number of rotatable bonds is 3. The molecule has 18 heavy (non-hydrogen) atoms. The standard InChI is InChI=1S/C13H19N3OS/c1-10-8-16(5-6-18-10)9-11-3-2-4-12(7-11)13(17)15-14/h2-4,7,10H,5-6,8-9,14H2,1H3,(H,15,17). The van der Waals surface area contributed by atoms with E-state index in [0.717, 1.165) is 25.2 Å². The van der Waals surface area contributed by atoms with E-state index >= 15 is 0 Å². The lowest BCUT2D eigenvalue weighted by atomic mass is 10.1. The fraction of sp³-hybridized carbons (Fsp3) is 0.462. The number of carbonyl (C=O) groups excluding carboxylic acids is 1. The van der Waals surface area contributed by atoms with Gasteiger partial charge in [0.1, 0.15) is 0 Å². The van der Waals surface area contributed by atoms with Crippen molar-refractivity contribution in [3.63, 3.8) is 0 Å². The Hall–Kier alpha value is -1.04. The number of nitrogen functional groups attached to an aromatic ring is 1. The first-order chi connectivity index (χ1) is 8.69. The fourth-order valence-electron chi connectivity index (χ4n) is 2.19. The quantitative estimate of drug-likeness (QED) is 0.490. The third kappa shape index (κ3) is 3.48. The molecular formula is C13H19N3OS. The van der Waals surface area contributed by atoms with Gasteiger partial charge in [0.25, 0.3) is 5.91 Å². The molecule has 1 aromatic rings. The van der Waals surface area contributed by atoms with Crippen molar-refractivity contribution in [1.82, 2.24) is 10.3 Å². The molecule has 0 bridgehead atoms. The number of carbonyl (C=O) groups is 1. The maximum Gasteiger partial charge on any atom is 0.265 e. The van der Waals surface area contributed by atoms with Crippen LogP contribution < -0.4 is 11.3 Å². The van der Waals surface area contributed by atoms with E-state index in [9.17, 15) is 4.79 Å². The first-order valence-electron chi connectivity index (χ1n) is 6.13. The van der Waals surface area contributed by atoms with Crippen molar-refractivity contribution in [1.29, 1.82) is 0 Å². The summed E-state index contributed by atoms with van der Waals surface area (Å²) in [7, 11) is 0. The van der Waals surface area contributed by atoms with Crippen molar-refractivity contribution in [2.75, 3.05) is 18.8 Å². The number of hydrazine groups is 1. The van der Waals surface area contributed by atoms with Crippen molar-refractivity contribution in [2.45, 2.75) is 18.7 Å². The van der Waals surface area contributed by atoms with Crippen LogP contribution in [0.15, 0.2) is 24.3 Å². The normalized spacial score (nSPS) is 20.7. The van der Waals surface area contributed by atoms with Crippen molar-refractivity contribution >= 4 is 17.7 Å². The Morgan fingerprint density at radius 2 is 2.44 bits per heavy atom. The van der Waals surface area contributed by atoms with E-state index in [0.29, 0.717) is 10.8 Å². The molecule has 0 radical (unpaired) electrons. The molecule has 1 atom stereocenters. The molecule has 1 heterocycles. The Balaban J connectivity index is 2.02. The van der Waals surface area contributed by atoms with E-state index in [1.165, 1.54) is 5.75 Å². The SMILES string of the molecule is CC1CN(Cc2cccc(C(=O)NN)c2)CCS1. The van der Waals surface area contributed by atoms with Gasteiger partial charge in [-0.25, -0.2) is 5.84 Å². The molecule has 1 unspecified atom stereocenters. The summed E-state index contributed by atoms with van der Waals surface area (Å²) in [5.41, 5.74) is 3.95. The predicted octanol–water partition coefficient (Wildman–Crippen LogP) is 1.23. The second kappa shape index (κ2) is 6.22. The summed E-state index contributed by atoms with van der Waals surface area (Å²) in [5.74, 6) is 6.09. The Labute approximate surface area is 112 Å². The summed E-state index contributed by atoms with van der Waals surface area (Å²) >= 11 is 2.02. The van der Waals surface area contributed by atoms with E-state index < -0.39 is 0 Å². The lowest BCUT2D eigenvalue weighted by Gasteiger charge is -2.30. The summed E-state index contributed by atoms with van der Waals surface area (Å²) < 4.78 is 0. The van der Waals surface area contributed by atoms with Gasteiger partial charge in [-0.3, -0.25) is 15.1 Å². The average molecular weight is 265 g/mol. The zero-order valence-electron chi connectivity index (χ0n) is 10.6. The van der Waals surface area contributed by atoms with Crippen LogP contribution in [0.1, 0.15) is 22.8 Å². The number of nitrogens with two attached hydrogens (primary N) is 1. The van der Waals surface area contributed by atoms with E-state index in [-0.39, 0.29) is 5.91 Å². The maximum atomic E-state index is 11.5. The van der Waals surface area contributed by atoms with Gasteiger partial charge in [-0.1, -0.05) is 19.1 Å². The van der Waals surface area contributed by atoms with Gasteiger partial charge in [-0.05, 0) is 17.7 Å². The number of amides is 1. The number of hydrogen-bond acceptors (Lipinski definition) is 4. The molecule has 1 fully saturated rings. The molecule has 1 amide bonds. The van der Waals surface area contributed by atoms with Gasteiger partial charge in [0.2, 0.25) is 0 Å². The van der Waals surface area contributed by atoms with E-state index in [1.807, 2.05) is 23.9 Å². The Kier molecular flexibility index (Phi) is 4.63. The summed E-state index contributed by atoms with van der Waals surface area (Å²) in [4.78, 5) is 13.9. The molecule has 3 N–H and O–H groups in total. The summed E-state index contributed by atoms with van der Waals surface area (Å²) in [5, 5.41) is 0.689. The topological polar surface area (TPSA) is 58.4 Å². The highest BCUT2D eigenvalue weighted by Crippen LogP contribution is 2.19. The molecule has 0 saturated carbocycles. The van der Waals surface area contributed by atoms with Crippen LogP contribution in [-0.2, 0) is 6.54 Å². The molecule has 1 saturated heterocycles. The monoisotopic (exact) mass is 265 g/mol. The first-order valence-corrected chi connectivity index (χ1v) is 7.18. The minimum atomic E-state index is -0.237. The van der Waals surface area contributed by atoms with Gasteiger partial charge in [0, 0.05) is 36.2 Å². The summed E-state index contributed by atoms with van der Waals surface area (Å²) in [6.45, 7) is 5.38. The highest BCUT2D eigenvalue weighted by Gasteiger charge is 2.16. The summed E-state index contributed by atoms with van der Waals surface area (Å²) in [6, 6.07) is 7.65. The number of thioether (sulfide) groups is 1. The molecule has 1 aromatic carbocycles. The Morgan fingerprint density at radius 1 is 1.61 bits per heavy atom. The maximum absolute atomic E-state index is 11.5. The Bertz CT molecular complexity index is 424. The zero-order chi connectivity index (χ0) is 13.0. The molecule has 1 aliphatic rings. The van der Waals surface area contributed by atoms with Crippen LogP contribution in [0.5, 0.6) is 0 Å². The molecule has 4 nitrogen and oxygen atoms in total. The van der Waals surface area contributed by atoms with Crippen LogP contribution in [0.25, 0.3) is 0 Å². The summed E-state index contributed by atoms with van der Waals surface area (Å²) in [6.07, 6.45) is 0. The van der Waals surface area contributed by atoms with Crippen LogP contribution in [0.2, 0.25) is 0 Å². The van der Waals surface area contributed by atoms with E-state index in [1.54, 1.807) is 6.07 Å². The van der Waals surface area contributed by atoms with Gasteiger partial charge in [0.05, 0.1) is 0 Å². The third-order valence-corrected chi connectivity index (χ3v) is 4.19. The molecular weight excluding hydrogens is 246 g/mol. The van der Waals surface area contributed by atoms with Crippen molar-refractivity contribution in [3.05, 3.63) is 35.4 Å². The van der Waals surface area contributed by atoms with Crippen LogP contribution in [0.4, 0.5) is 0 Å². The van der Waals surface area contributed by atoms with E-state index in [4.69, 9.17) is 5.84 Å². The van der Waals surface area contributed by atoms with Gasteiger partial charge in [-0.15, -0.1) is 0 Å². The highest BCUT2D eigenvalue weighted by molar-refractivity contribution is 7.99. The van der Waals surface area contributed by atoms with Crippen molar-refractivity contribution < 1.29 is 4.79 Å². The molecule has 0 aromatic heterocycles. The number of nitrogens with one attached hydrogen (secondary N) is 1. The second-order valence-corrected chi connectivity index (χ2v) is 6.14. The van der Waals surface area contributed by atoms with Gasteiger partial charge < -0.3 is 0 Å². The molecule has 98 valence electrons. The molecule has 0 aliphatic carbocycles. The molecule has 0 spiro atoms. The molecule has 2 rings (SSSR count). The van der Waals surface area contributed by atoms with Gasteiger partial charge in [-0.2, -0.15) is 11.8 Å². The van der Waals surface area contributed by atoms with Crippen molar-refractivity contribution in [2.24, 2.45) is 5.84 Å². The van der Waals surface area contributed by atoms with Crippen LogP contribution in [-0.4, -0.2) is 34.9 Å². The number of nitrogens with zero attached hydrogens (tertiary/aromatic N) is 1. The first kappa shape index (κ1) is 13.4. The molecule has 1 aliphatic heterocycles. The minimum Gasteiger partial charge on any atom is -0.297 e. The Morgan fingerprint density at radius 3 is 3.17 bits per heavy atom. The van der Waals surface area contributed by atoms with Gasteiger partial charge >= 0.3 is 0 Å². The lowest BCUT2D eigenvalue weighted by molar-refractivity contribution is 0.0953. The van der Waals surface area contributed by atoms with E-state index in [2.05, 4.69) is 23.3 Å².